The van der Waals surface area contributed by atoms with Crippen molar-refractivity contribution in [1.82, 2.24) is 9.80 Å². The smallest absolute Gasteiger partial charge is 0.329 e. The first-order chi connectivity index (χ1) is 15.6. The van der Waals surface area contributed by atoms with E-state index >= 15 is 0 Å². The van der Waals surface area contributed by atoms with Crippen molar-refractivity contribution in [2.24, 2.45) is 5.41 Å². The summed E-state index contributed by atoms with van der Waals surface area (Å²) in [5.74, 6) is -3.81. The summed E-state index contributed by atoms with van der Waals surface area (Å²) in [6.07, 6.45) is 7.13. The molecule has 0 aromatic rings. The fourth-order valence-corrected chi connectivity index (χ4v) is 3.61. The molecule has 0 aromatic heterocycles. The second-order valence-corrected chi connectivity index (χ2v) is 8.28. The van der Waals surface area contributed by atoms with Crippen LogP contribution in [0.1, 0.15) is 53.4 Å². The van der Waals surface area contributed by atoms with Crippen LogP contribution in [0.15, 0.2) is 24.3 Å². The predicted molar refractivity (Wildman–Crippen MR) is 115 cm³/mol. The summed E-state index contributed by atoms with van der Waals surface area (Å²) in [4.78, 5) is 74.0. The largest absolute Gasteiger partial charge is 0.463 e. The van der Waals surface area contributed by atoms with E-state index < -0.39 is 53.1 Å². The number of imide groups is 2. The molecule has 2 aliphatic heterocycles. The topological polar surface area (TPSA) is 127 Å². The molecule has 2 unspecified atom stereocenters. The van der Waals surface area contributed by atoms with E-state index in [9.17, 15) is 28.8 Å². The van der Waals surface area contributed by atoms with Crippen molar-refractivity contribution in [3.05, 3.63) is 24.3 Å². The van der Waals surface area contributed by atoms with Gasteiger partial charge in [0.05, 0.1) is 0 Å². The lowest BCUT2D eigenvalue weighted by Crippen LogP contribution is -2.46. The molecule has 0 saturated heterocycles. The number of hydrogen-bond donors (Lipinski definition) is 0. The van der Waals surface area contributed by atoms with Gasteiger partial charge in [-0.2, -0.15) is 0 Å². The Labute approximate surface area is 192 Å². The summed E-state index contributed by atoms with van der Waals surface area (Å²) in [5, 5.41) is 0. The van der Waals surface area contributed by atoms with Crippen molar-refractivity contribution in [2.75, 3.05) is 13.2 Å². The Balaban J connectivity index is 2.03. The van der Waals surface area contributed by atoms with E-state index in [1.54, 1.807) is 0 Å². The summed E-state index contributed by atoms with van der Waals surface area (Å²) in [7, 11) is 0. The van der Waals surface area contributed by atoms with E-state index in [0.29, 0.717) is 12.8 Å². The highest BCUT2D eigenvalue weighted by Crippen LogP contribution is 2.31. The van der Waals surface area contributed by atoms with Crippen molar-refractivity contribution in [2.45, 2.75) is 65.5 Å². The Bertz CT molecular complexity index is 791. The van der Waals surface area contributed by atoms with Gasteiger partial charge in [0, 0.05) is 29.7 Å². The number of carbonyl (C=O) groups is 6. The Kier molecular flexibility index (Phi) is 8.67. The predicted octanol–water partition coefficient (Wildman–Crippen LogP) is 1.29. The van der Waals surface area contributed by atoms with E-state index in [-0.39, 0.29) is 13.2 Å². The molecule has 0 saturated carbocycles. The monoisotopic (exact) mass is 462 g/mol. The maximum atomic E-state index is 12.6. The van der Waals surface area contributed by atoms with Crippen LogP contribution in [-0.4, -0.2) is 70.7 Å². The first kappa shape index (κ1) is 26.0. The maximum Gasteiger partial charge on any atom is 0.329 e. The second kappa shape index (κ2) is 11.0. The third-order valence-corrected chi connectivity index (χ3v) is 6.00. The minimum Gasteiger partial charge on any atom is -0.463 e. The molecule has 10 nitrogen and oxygen atoms in total. The number of rotatable bonds is 12. The molecule has 0 radical (unpaired) electrons. The molecule has 0 aliphatic carbocycles. The molecule has 2 rings (SSSR count). The third-order valence-electron chi connectivity index (χ3n) is 6.00. The van der Waals surface area contributed by atoms with Crippen LogP contribution >= 0.6 is 0 Å². The normalized spacial score (nSPS) is 19.2. The van der Waals surface area contributed by atoms with Gasteiger partial charge in [0.2, 0.25) is 0 Å². The van der Waals surface area contributed by atoms with Gasteiger partial charge in [-0.25, -0.2) is 9.59 Å². The number of carbonyl (C=O) groups excluding carboxylic acids is 6. The molecule has 33 heavy (non-hydrogen) atoms. The molecule has 2 aliphatic rings. The quantitative estimate of drug-likeness (QED) is 0.314. The molecule has 4 amide bonds. The van der Waals surface area contributed by atoms with Crippen molar-refractivity contribution < 1.29 is 38.2 Å². The van der Waals surface area contributed by atoms with Gasteiger partial charge in [0.15, 0.2) is 0 Å². The minimum atomic E-state index is -1.09. The van der Waals surface area contributed by atoms with Crippen LogP contribution in [0, 0.1) is 5.41 Å². The zero-order valence-electron chi connectivity index (χ0n) is 19.4. The van der Waals surface area contributed by atoms with Gasteiger partial charge in [-0.3, -0.25) is 29.0 Å². The SMILES string of the molecule is CCCCC(CC)(COC(=O)C(C)N1C(=O)C=CC1=O)COC(=O)C(C)N1C(=O)C=CC1=O. The Hall–Kier alpha value is -3.30. The van der Waals surface area contributed by atoms with Gasteiger partial charge in [-0.15, -0.1) is 0 Å². The summed E-state index contributed by atoms with van der Waals surface area (Å²) >= 11 is 0. The molecule has 2 atom stereocenters. The van der Waals surface area contributed by atoms with Gasteiger partial charge >= 0.3 is 11.9 Å². The van der Waals surface area contributed by atoms with E-state index in [4.69, 9.17) is 9.47 Å². The lowest BCUT2D eigenvalue weighted by atomic mass is 9.81. The van der Waals surface area contributed by atoms with Crippen molar-refractivity contribution >= 4 is 35.6 Å². The number of esters is 2. The van der Waals surface area contributed by atoms with E-state index in [0.717, 1.165) is 46.9 Å². The van der Waals surface area contributed by atoms with Crippen LogP contribution in [-0.2, 0) is 38.2 Å². The second-order valence-electron chi connectivity index (χ2n) is 8.28. The van der Waals surface area contributed by atoms with Crippen LogP contribution < -0.4 is 0 Å². The van der Waals surface area contributed by atoms with Gasteiger partial charge in [-0.05, 0) is 26.7 Å². The maximum absolute atomic E-state index is 12.6. The van der Waals surface area contributed by atoms with Crippen molar-refractivity contribution in [3.63, 3.8) is 0 Å². The molecule has 2 heterocycles. The van der Waals surface area contributed by atoms with Crippen LogP contribution in [0.25, 0.3) is 0 Å². The van der Waals surface area contributed by atoms with Gasteiger partial charge < -0.3 is 9.47 Å². The third kappa shape index (κ3) is 5.94. The molecule has 0 aromatic carbocycles. The Morgan fingerprint density at radius 2 is 1.15 bits per heavy atom. The average Bonchev–Trinajstić information content (AvgIpc) is 3.31. The molecule has 0 N–H and O–H groups in total. The first-order valence-corrected chi connectivity index (χ1v) is 11.0. The fraction of sp³-hybridized carbons (Fsp3) is 0.565. The lowest BCUT2D eigenvalue weighted by Gasteiger charge is -2.33. The number of ether oxygens (including phenoxy) is 2. The highest BCUT2D eigenvalue weighted by Gasteiger charge is 2.38. The zero-order chi connectivity index (χ0) is 24.8. The number of nitrogens with zero attached hydrogens (tertiary/aromatic N) is 2. The Morgan fingerprint density at radius 1 is 0.788 bits per heavy atom. The summed E-state index contributed by atoms with van der Waals surface area (Å²) in [5.41, 5.74) is -0.699. The molecule has 180 valence electrons. The fourth-order valence-electron chi connectivity index (χ4n) is 3.61. The molecule has 0 fully saturated rings. The lowest BCUT2D eigenvalue weighted by molar-refractivity contribution is -0.165. The van der Waals surface area contributed by atoms with E-state index in [1.807, 2.05) is 13.8 Å². The summed E-state index contributed by atoms with van der Waals surface area (Å²) in [6, 6.07) is -2.19. The van der Waals surface area contributed by atoms with Crippen molar-refractivity contribution in [3.8, 4) is 0 Å². The molecule has 0 spiro atoms. The van der Waals surface area contributed by atoms with E-state index in [1.165, 1.54) is 13.8 Å². The van der Waals surface area contributed by atoms with Gasteiger partial charge in [0.1, 0.15) is 25.3 Å². The molecule has 0 bridgehead atoms. The molecular weight excluding hydrogens is 432 g/mol. The number of amides is 4. The first-order valence-electron chi connectivity index (χ1n) is 11.0. The number of hydrogen-bond acceptors (Lipinski definition) is 8. The minimum absolute atomic E-state index is 0.0822. The Morgan fingerprint density at radius 3 is 1.45 bits per heavy atom. The standard InChI is InChI=1S/C23H30N2O8/c1-5-7-12-23(6-2,13-32-21(30)15(3)24-17(26)8-9-18(24)27)14-33-22(31)16(4)25-19(28)10-11-20(25)29/h8-11,15-16H,5-7,12-14H2,1-4H3. The van der Waals surface area contributed by atoms with Crippen LogP contribution in [0.3, 0.4) is 0 Å². The molecular formula is C23H30N2O8. The zero-order valence-corrected chi connectivity index (χ0v) is 19.4. The van der Waals surface area contributed by atoms with Crippen LogP contribution in [0.5, 0.6) is 0 Å². The molecule has 10 heteroatoms. The average molecular weight is 462 g/mol. The van der Waals surface area contributed by atoms with E-state index in [2.05, 4.69) is 0 Å². The number of unbranched alkanes of at least 4 members (excludes halogenated alkanes) is 1. The highest BCUT2D eigenvalue weighted by molar-refractivity contribution is 6.15. The summed E-state index contributed by atoms with van der Waals surface area (Å²) < 4.78 is 10.9. The van der Waals surface area contributed by atoms with Crippen LogP contribution in [0.4, 0.5) is 0 Å². The van der Waals surface area contributed by atoms with Crippen molar-refractivity contribution in [1.29, 1.82) is 0 Å². The van der Waals surface area contributed by atoms with Gasteiger partial charge in [-0.1, -0.05) is 26.7 Å². The summed E-state index contributed by atoms with van der Waals surface area (Å²) in [6.45, 7) is 6.52. The van der Waals surface area contributed by atoms with Crippen LogP contribution in [0.2, 0.25) is 0 Å². The van der Waals surface area contributed by atoms with Gasteiger partial charge in [0.25, 0.3) is 23.6 Å². The highest BCUT2D eigenvalue weighted by atomic mass is 16.6.